The van der Waals surface area contributed by atoms with Crippen molar-refractivity contribution in [3.63, 3.8) is 0 Å². The van der Waals surface area contributed by atoms with Crippen LogP contribution >= 0.6 is 11.3 Å². The summed E-state index contributed by atoms with van der Waals surface area (Å²) in [6.45, 7) is 3.59. The maximum atomic E-state index is 12.2. The lowest BCUT2D eigenvalue weighted by Gasteiger charge is -2.11. The average Bonchev–Trinajstić information content (AvgIpc) is 3.11. The SMILES string of the molecule is COc1cc(C(C)=O)ccc1OCC(=O)NCc1sc(-c2cccnc2)nc1C. The number of ether oxygens (including phenoxy) is 2. The number of amides is 1. The summed E-state index contributed by atoms with van der Waals surface area (Å²) in [6.07, 6.45) is 3.48. The molecular formula is C21H21N3O4S. The van der Waals surface area contributed by atoms with Gasteiger partial charge in [-0.3, -0.25) is 14.6 Å². The summed E-state index contributed by atoms with van der Waals surface area (Å²) in [5.41, 5.74) is 2.34. The van der Waals surface area contributed by atoms with Crippen molar-refractivity contribution in [3.05, 3.63) is 58.9 Å². The van der Waals surface area contributed by atoms with E-state index in [1.165, 1.54) is 25.4 Å². The zero-order chi connectivity index (χ0) is 20.8. The number of carbonyl (C=O) groups is 2. The van der Waals surface area contributed by atoms with Gasteiger partial charge in [0.2, 0.25) is 0 Å². The van der Waals surface area contributed by atoms with Gasteiger partial charge in [-0.15, -0.1) is 11.3 Å². The lowest BCUT2D eigenvalue weighted by molar-refractivity contribution is -0.123. The molecule has 1 N–H and O–H groups in total. The summed E-state index contributed by atoms with van der Waals surface area (Å²) in [5, 5.41) is 3.70. The van der Waals surface area contributed by atoms with Crippen LogP contribution in [0.25, 0.3) is 10.6 Å². The molecule has 0 aliphatic heterocycles. The third-order valence-corrected chi connectivity index (χ3v) is 5.38. The average molecular weight is 411 g/mol. The molecule has 2 heterocycles. The normalized spacial score (nSPS) is 10.4. The maximum Gasteiger partial charge on any atom is 0.258 e. The second-order valence-corrected chi connectivity index (χ2v) is 7.34. The van der Waals surface area contributed by atoms with Crippen LogP contribution in [0.1, 0.15) is 27.9 Å². The Bertz CT molecular complexity index is 1020. The molecule has 0 aliphatic rings. The number of carbonyl (C=O) groups excluding carboxylic acids is 2. The van der Waals surface area contributed by atoms with Gasteiger partial charge < -0.3 is 14.8 Å². The molecule has 29 heavy (non-hydrogen) atoms. The third kappa shape index (κ3) is 5.17. The molecule has 150 valence electrons. The molecule has 8 heteroatoms. The minimum atomic E-state index is -0.265. The van der Waals surface area contributed by atoms with Crippen molar-refractivity contribution in [2.24, 2.45) is 0 Å². The van der Waals surface area contributed by atoms with E-state index in [0.29, 0.717) is 23.6 Å². The highest BCUT2D eigenvalue weighted by atomic mass is 32.1. The standard InChI is InChI=1S/C21H21N3O4S/c1-13-19(29-21(24-13)16-5-4-8-22-10-16)11-23-20(26)12-28-17-7-6-15(14(2)25)9-18(17)27-3/h4-10H,11-12H2,1-3H3,(H,23,26). The topological polar surface area (TPSA) is 90.4 Å². The number of ketones is 1. The van der Waals surface area contributed by atoms with E-state index in [2.05, 4.69) is 15.3 Å². The number of thiazole rings is 1. The predicted octanol–water partition coefficient (Wildman–Crippen LogP) is 3.42. The van der Waals surface area contributed by atoms with Crippen molar-refractivity contribution in [2.75, 3.05) is 13.7 Å². The van der Waals surface area contributed by atoms with Gasteiger partial charge in [-0.1, -0.05) is 0 Å². The van der Waals surface area contributed by atoms with Gasteiger partial charge in [-0.05, 0) is 44.2 Å². The fourth-order valence-electron chi connectivity index (χ4n) is 2.58. The van der Waals surface area contributed by atoms with E-state index in [0.717, 1.165) is 21.1 Å². The lowest BCUT2D eigenvalue weighted by Crippen LogP contribution is -2.28. The first kappa shape index (κ1) is 20.5. The molecule has 0 bridgehead atoms. The molecule has 3 rings (SSSR count). The highest BCUT2D eigenvalue weighted by Gasteiger charge is 2.13. The first-order chi connectivity index (χ1) is 14.0. The number of pyridine rings is 1. The second kappa shape index (κ2) is 9.29. The third-order valence-electron chi connectivity index (χ3n) is 4.18. The Morgan fingerprint density at radius 3 is 2.72 bits per heavy atom. The number of nitrogens with zero attached hydrogens (tertiary/aromatic N) is 2. The Kier molecular flexibility index (Phi) is 6.56. The fourth-order valence-corrected chi connectivity index (χ4v) is 3.58. The Morgan fingerprint density at radius 2 is 2.03 bits per heavy atom. The Balaban J connectivity index is 1.57. The number of rotatable bonds is 8. The first-order valence-corrected chi connectivity index (χ1v) is 9.74. The lowest BCUT2D eigenvalue weighted by atomic mass is 10.1. The van der Waals surface area contributed by atoms with Crippen LogP contribution in [0.5, 0.6) is 11.5 Å². The van der Waals surface area contributed by atoms with E-state index < -0.39 is 0 Å². The molecule has 0 aliphatic carbocycles. The van der Waals surface area contributed by atoms with Crippen LogP contribution < -0.4 is 14.8 Å². The monoisotopic (exact) mass is 411 g/mol. The summed E-state index contributed by atoms with van der Waals surface area (Å²) in [7, 11) is 1.48. The Morgan fingerprint density at radius 1 is 1.21 bits per heavy atom. The molecule has 3 aromatic rings. The van der Waals surface area contributed by atoms with Crippen molar-refractivity contribution in [3.8, 4) is 22.1 Å². The van der Waals surface area contributed by atoms with Crippen LogP contribution in [0.2, 0.25) is 0 Å². The van der Waals surface area contributed by atoms with Gasteiger partial charge in [0.15, 0.2) is 23.9 Å². The predicted molar refractivity (Wildman–Crippen MR) is 110 cm³/mol. The highest BCUT2D eigenvalue weighted by Crippen LogP contribution is 2.29. The minimum Gasteiger partial charge on any atom is -0.493 e. The smallest absolute Gasteiger partial charge is 0.258 e. The molecule has 0 atom stereocenters. The summed E-state index contributed by atoms with van der Waals surface area (Å²) >= 11 is 1.52. The van der Waals surface area contributed by atoms with E-state index in [1.54, 1.807) is 30.6 Å². The van der Waals surface area contributed by atoms with Crippen molar-refractivity contribution in [2.45, 2.75) is 20.4 Å². The van der Waals surface area contributed by atoms with Gasteiger partial charge in [-0.25, -0.2) is 4.98 Å². The van der Waals surface area contributed by atoms with E-state index in [4.69, 9.17) is 9.47 Å². The maximum absolute atomic E-state index is 12.2. The molecule has 0 spiro atoms. The summed E-state index contributed by atoms with van der Waals surface area (Å²) < 4.78 is 10.8. The quantitative estimate of drug-likeness (QED) is 0.571. The minimum absolute atomic E-state index is 0.0711. The number of nitrogens with one attached hydrogen (secondary N) is 1. The zero-order valence-electron chi connectivity index (χ0n) is 16.4. The fraction of sp³-hybridized carbons (Fsp3) is 0.238. The Labute approximate surface area is 172 Å². The number of methoxy groups -OCH3 is 1. The summed E-state index contributed by atoms with van der Waals surface area (Å²) in [4.78, 5) is 33.3. The number of aryl methyl sites for hydroxylation is 1. The van der Waals surface area contributed by atoms with Crippen LogP contribution in [0.4, 0.5) is 0 Å². The van der Waals surface area contributed by atoms with Crippen LogP contribution in [0, 0.1) is 6.92 Å². The van der Waals surface area contributed by atoms with Gasteiger partial charge in [-0.2, -0.15) is 0 Å². The van der Waals surface area contributed by atoms with Crippen LogP contribution in [-0.2, 0) is 11.3 Å². The zero-order valence-corrected chi connectivity index (χ0v) is 17.2. The number of benzene rings is 1. The van der Waals surface area contributed by atoms with E-state index in [1.807, 2.05) is 19.1 Å². The molecule has 0 unspecified atom stereocenters. The van der Waals surface area contributed by atoms with E-state index in [9.17, 15) is 9.59 Å². The largest absolute Gasteiger partial charge is 0.493 e. The highest BCUT2D eigenvalue weighted by molar-refractivity contribution is 7.15. The number of aromatic nitrogens is 2. The van der Waals surface area contributed by atoms with Crippen molar-refractivity contribution in [1.29, 1.82) is 0 Å². The molecule has 7 nitrogen and oxygen atoms in total. The number of hydrogen-bond acceptors (Lipinski definition) is 7. The van der Waals surface area contributed by atoms with Gasteiger partial charge in [0.25, 0.3) is 5.91 Å². The van der Waals surface area contributed by atoms with Gasteiger partial charge >= 0.3 is 0 Å². The van der Waals surface area contributed by atoms with Crippen molar-refractivity contribution >= 4 is 23.0 Å². The van der Waals surface area contributed by atoms with Crippen LogP contribution in [0.3, 0.4) is 0 Å². The van der Waals surface area contributed by atoms with Crippen molar-refractivity contribution in [1.82, 2.24) is 15.3 Å². The number of hydrogen-bond donors (Lipinski definition) is 1. The molecule has 0 radical (unpaired) electrons. The Hall–Kier alpha value is -3.26. The van der Waals surface area contributed by atoms with Crippen LogP contribution in [0.15, 0.2) is 42.7 Å². The van der Waals surface area contributed by atoms with E-state index >= 15 is 0 Å². The van der Waals surface area contributed by atoms with Gasteiger partial charge in [0.05, 0.1) is 19.3 Å². The van der Waals surface area contributed by atoms with Crippen molar-refractivity contribution < 1.29 is 19.1 Å². The second-order valence-electron chi connectivity index (χ2n) is 6.26. The first-order valence-electron chi connectivity index (χ1n) is 8.93. The molecule has 1 aromatic carbocycles. The molecule has 0 saturated carbocycles. The van der Waals surface area contributed by atoms with Crippen LogP contribution in [-0.4, -0.2) is 35.4 Å². The molecule has 2 aromatic heterocycles. The van der Waals surface area contributed by atoms with Gasteiger partial charge in [0.1, 0.15) is 5.01 Å². The number of Topliss-reactive ketones (excluding diaryl/α,β-unsaturated/α-hetero) is 1. The summed E-state index contributed by atoms with van der Waals surface area (Å²) in [6, 6.07) is 8.67. The molecule has 0 fully saturated rings. The molecular weight excluding hydrogens is 390 g/mol. The molecule has 1 amide bonds. The molecule has 0 saturated heterocycles. The summed E-state index contributed by atoms with van der Waals surface area (Å²) in [5.74, 6) is 0.474. The van der Waals surface area contributed by atoms with E-state index in [-0.39, 0.29) is 18.3 Å². The van der Waals surface area contributed by atoms with Gasteiger partial charge in [0, 0.05) is 28.4 Å².